The number of hydrogen-bond acceptors (Lipinski definition) is 5. The van der Waals surface area contributed by atoms with Crippen molar-refractivity contribution in [3.8, 4) is 28.1 Å². The largest absolute Gasteiger partial charge is 0.479 e. The molecule has 0 N–H and O–H groups in total. The van der Waals surface area contributed by atoms with Crippen molar-refractivity contribution in [2.75, 3.05) is 11.4 Å². The molecule has 0 saturated carbocycles. The van der Waals surface area contributed by atoms with E-state index in [0.29, 0.717) is 17.0 Å². The SMILES string of the molecule is Cc1nc(-c2ccc3c(c2)N(CC(=O)c2ccc(-c4ccccc4)cc2)C(=O)C(C)O3)c(C)s1. The van der Waals surface area contributed by atoms with Crippen molar-refractivity contribution in [3.63, 3.8) is 0 Å². The third kappa shape index (κ3) is 4.13. The van der Waals surface area contributed by atoms with Crippen LogP contribution in [0.15, 0.2) is 72.8 Å². The number of carbonyl (C=O) groups is 2. The minimum absolute atomic E-state index is 0.0528. The van der Waals surface area contributed by atoms with Gasteiger partial charge in [0.1, 0.15) is 5.75 Å². The van der Waals surface area contributed by atoms with Gasteiger partial charge in [0, 0.05) is 16.0 Å². The van der Waals surface area contributed by atoms with Gasteiger partial charge in [-0.2, -0.15) is 0 Å². The molecule has 1 unspecified atom stereocenters. The summed E-state index contributed by atoms with van der Waals surface area (Å²) in [4.78, 5) is 33.5. The number of aromatic nitrogens is 1. The summed E-state index contributed by atoms with van der Waals surface area (Å²) in [5, 5.41) is 0.983. The summed E-state index contributed by atoms with van der Waals surface area (Å²) in [7, 11) is 0. The van der Waals surface area contributed by atoms with Crippen LogP contribution in [-0.2, 0) is 4.79 Å². The number of rotatable bonds is 5. The Hall–Kier alpha value is -3.77. The molecule has 0 radical (unpaired) electrons. The van der Waals surface area contributed by atoms with E-state index in [4.69, 9.17) is 4.74 Å². The number of ketones is 1. The van der Waals surface area contributed by atoms with Crippen LogP contribution in [0.1, 0.15) is 27.2 Å². The Bertz CT molecular complexity index is 1380. The summed E-state index contributed by atoms with van der Waals surface area (Å²) in [5.41, 5.74) is 5.08. The number of amides is 1. The van der Waals surface area contributed by atoms with Gasteiger partial charge in [0.2, 0.25) is 0 Å². The second-order valence-electron chi connectivity index (χ2n) is 8.37. The Morgan fingerprint density at radius 3 is 2.32 bits per heavy atom. The molecule has 0 fully saturated rings. The molecular formula is C28H24N2O3S. The van der Waals surface area contributed by atoms with Crippen LogP contribution in [0.2, 0.25) is 0 Å². The zero-order valence-corrected chi connectivity index (χ0v) is 20.1. The highest BCUT2D eigenvalue weighted by Gasteiger charge is 2.33. The normalized spacial score (nSPS) is 15.1. The van der Waals surface area contributed by atoms with E-state index < -0.39 is 6.10 Å². The number of Topliss-reactive ketones (excluding diaryl/α,β-unsaturated/α-hetero) is 1. The molecule has 1 aliphatic heterocycles. The molecule has 1 atom stereocenters. The van der Waals surface area contributed by atoms with E-state index in [9.17, 15) is 9.59 Å². The molecule has 5 nitrogen and oxygen atoms in total. The van der Waals surface area contributed by atoms with Crippen molar-refractivity contribution in [1.82, 2.24) is 4.98 Å². The van der Waals surface area contributed by atoms with Crippen LogP contribution < -0.4 is 9.64 Å². The summed E-state index contributed by atoms with van der Waals surface area (Å²) >= 11 is 1.63. The van der Waals surface area contributed by atoms with Crippen LogP contribution in [0.4, 0.5) is 5.69 Å². The van der Waals surface area contributed by atoms with Gasteiger partial charge < -0.3 is 4.74 Å². The number of nitrogens with zero attached hydrogens (tertiary/aromatic N) is 2. The molecule has 1 aromatic heterocycles. The summed E-state index contributed by atoms with van der Waals surface area (Å²) in [6.07, 6.45) is -0.658. The lowest BCUT2D eigenvalue weighted by molar-refractivity contribution is -0.125. The number of anilines is 1. The lowest BCUT2D eigenvalue weighted by atomic mass is 10.0. The van der Waals surface area contributed by atoms with E-state index in [2.05, 4.69) is 4.98 Å². The van der Waals surface area contributed by atoms with Crippen molar-refractivity contribution in [3.05, 3.63) is 88.2 Å². The van der Waals surface area contributed by atoms with Gasteiger partial charge in [-0.25, -0.2) is 4.98 Å². The van der Waals surface area contributed by atoms with Crippen molar-refractivity contribution < 1.29 is 14.3 Å². The molecule has 5 rings (SSSR count). The van der Waals surface area contributed by atoms with Gasteiger partial charge >= 0.3 is 0 Å². The molecular weight excluding hydrogens is 444 g/mol. The maximum absolute atomic E-state index is 13.2. The van der Waals surface area contributed by atoms with Gasteiger partial charge in [-0.15, -0.1) is 11.3 Å². The maximum atomic E-state index is 13.2. The number of ether oxygens (including phenoxy) is 1. The number of thiazole rings is 1. The first-order valence-corrected chi connectivity index (χ1v) is 12.0. The third-order valence-corrected chi connectivity index (χ3v) is 6.85. The molecule has 0 spiro atoms. The molecule has 0 bridgehead atoms. The van der Waals surface area contributed by atoms with E-state index in [-0.39, 0.29) is 18.2 Å². The van der Waals surface area contributed by atoms with E-state index in [1.165, 1.54) is 4.90 Å². The molecule has 1 aliphatic rings. The van der Waals surface area contributed by atoms with E-state index in [0.717, 1.165) is 32.3 Å². The zero-order chi connectivity index (χ0) is 23.8. The van der Waals surface area contributed by atoms with Crippen LogP contribution in [-0.4, -0.2) is 29.3 Å². The monoisotopic (exact) mass is 468 g/mol. The average molecular weight is 469 g/mol. The maximum Gasteiger partial charge on any atom is 0.268 e. The molecule has 4 aromatic rings. The summed E-state index contributed by atoms with van der Waals surface area (Å²) < 4.78 is 5.83. The van der Waals surface area contributed by atoms with Crippen molar-refractivity contribution >= 4 is 28.7 Å². The Morgan fingerprint density at radius 2 is 1.65 bits per heavy atom. The molecule has 6 heteroatoms. The fourth-order valence-corrected chi connectivity index (χ4v) is 5.07. The number of benzene rings is 3. The Morgan fingerprint density at radius 1 is 0.971 bits per heavy atom. The van der Waals surface area contributed by atoms with Gasteiger partial charge in [0.05, 0.1) is 22.9 Å². The molecule has 0 aliphatic carbocycles. The van der Waals surface area contributed by atoms with Crippen LogP contribution in [0.5, 0.6) is 5.75 Å². The fourth-order valence-electron chi connectivity index (χ4n) is 4.23. The lowest BCUT2D eigenvalue weighted by Crippen LogP contribution is -2.46. The Kier molecular flexibility index (Phi) is 5.75. The smallest absolute Gasteiger partial charge is 0.268 e. The zero-order valence-electron chi connectivity index (χ0n) is 19.2. The van der Waals surface area contributed by atoms with Gasteiger partial charge in [-0.05, 0) is 50.1 Å². The first-order chi connectivity index (χ1) is 16.4. The summed E-state index contributed by atoms with van der Waals surface area (Å²) in [6.45, 7) is 5.66. The number of fused-ring (bicyclic) bond motifs is 1. The van der Waals surface area contributed by atoms with Crippen LogP contribution in [0.25, 0.3) is 22.4 Å². The van der Waals surface area contributed by atoms with Gasteiger partial charge in [0.25, 0.3) is 5.91 Å². The van der Waals surface area contributed by atoms with Gasteiger partial charge in [0.15, 0.2) is 11.9 Å². The lowest BCUT2D eigenvalue weighted by Gasteiger charge is -2.33. The summed E-state index contributed by atoms with van der Waals surface area (Å²) in [5.74, 6) is 0.233. The van der Waals surface area contributed by atoms with E-state index in [1.807, 2.05) is 86.6 Å². The minimum atomic E-state index is -0.658. The quantitative estimate of drug-likeness (QED) is 0.333. The van der Waals surface area contributed by atoms with E-state index >= 15 is 0 Å². The second-order valence-corrected chi connectivity index (χ2v) is 9.78. The highest BCUT2D eigenvalue weighted by atomic mass is 32.1. The fraction of sp³-hybridized carbons (Fsp3) is 0.179. The number of aryl methyl sites for hydroxylation is 2. The molecule has 1 amide bonds. The molecule has 0 saturated heterocycles. The first-order valence-electron chi connectivity index (χ1n) is 11.2. The first kappa shape index (κ1) is 22.0. The molecule has 3 aromatic carbocycles. The minimum Gasteiger partial charge on any atom is -0.479 e. The standard InChI is InChI=1S/C28H24N2O3S/c1-17-28(32)30(16-25(31)22-11-9-21(10-12-22)20-7-5-4-6-8-20)24-15-23(13-14-26(24)33-17)27-18(2)34-19(3)29-27/h4-15,17H,16H2,1-3H3. The predicted octanol–water partition coefficient (Wildman–Crippen LogP) is 6.09. The Labute approximate surface area is 202 Å². The molecule has 34 heavy (non-hydrogen) atoms. The summed E-state index contributed by atoms with van der Waals surface area (Å²) in [6, 6.07) is 23.2. The topological polar surface area (TPSA) is 59.5 Å². The van der Waals surface area contributed by atoms with Crippen LogP contribution >= 0.6 is 11.3 Å². The van der Waals surface area contributed by atoms with Crippen molar-refractivity contribution in [2.45, 2.75) is 26.9 Å². The van der Waals surface area contributed by atoms with E-state index in [1.54, 1.807) is 18.3 Å². The van der Waals surface area contributed by atoms with Gasteiger partial charge in [-0.1, -0.05) is 54.6 Å². The Balaban J connectivity index is 1.44. The average Bonchev–Trinajstić information content (AvgIpc) is 3.20. The van der Waals surface area contributed by atoms with Crippen LogP contribution in [0, 0.1) is 13.8 Å². The number of carbonyl (C=O) groups excluding carboxylic acids is 2. The predicted molar refractivity (Wildman–Crippen MR) is 136 cm³/mol. The number of hydrogen-bond donors (Lipinski definition) is 0. The second kappa shape index (κ2) is 8.88. The highest BCUT2D eigenvalue weighted by Crippen LogP contribution is 2.39. The molecule has 170 valence electrons. The van der Waals surface area contributed by atoms with Crippen LogP contribution in [0.3, 0.4) is 0 Å². The van der Waals surface area contributed by atoms with Crippen molar-refractivity contribution in [2.24, 2.45) is 0 Å². The van der Waals surface area contributed by atoms with Gasteiger partial charge in [-0.3, -0.25) is 14.5 Å². The third-order valence-electron chi connectivity index (χ3n) is 5.96. The van der Waals surface area contributed by atoms with Crippen molar-refractivity contribution in [1.29, 1.82) is 0 Å². The highest BCUT2D eigenvalue weighted by molar-refractivity contribution is 7.11. The molecule has 2 heterocycles.